The third-order valence-electron chi connectivity index (χ3n) is 4.29. The van der Waals surface area contributed by atoms with Gasteiger partial charge in [-0.25, -0.2) is 9.97 Å². The van der Waals surface area contributed by atoms with E-state index in [1.807, 2.05) is 36.5 Å². The number of imidazole rings is 1. The number of aromatic nitrogens is 4. The van der Waals surface area contributed by atoms with E-state index in [9.17, 15) is 0 Å². The van der Waals surface area contributed by atoms with Crippen molar-refractivity contribution in [3.05, 3.63) is 71.7 Å². The van der Waals surface area contributed by atoms with Crippen LogP contribution in [0, 0.1) is 0 Å². The Morgan fingerprint density at radius 3 is 2.87 bits per heavy atom. The van der Waals surface area contributed by atoms with Gasteiger partial charge in [0.1, 0.15) is 5.82 Å². The molecule has 4 heterocycles. The molecule has 0 bridgehead atoms. The van der Waals surface area contributed by atoms with Crippen LogP contribution < -0.4 is 5.73 Å². The SMILES string of the molecule is Nc1ncccc1CN1CCc2[nH]cnc2[C@H]1c1ccccn1. The Labute approximate surface area is 134 Å². The van der Waals surface area contributed by atoms with Crippen LogP contribution >= 0.6 is 0 Å². The van der Waals surface area contributed by atoms with E-state index in [4.69, 9.17) is 5.73 Å². The molecule has 0 unspecified atom stereocenters. The van der Waals surface area contributed by atoms with Crippen LogP contribution in [0.2, 0.25) is 0 Å². The summed E-state index contributed by atoms with van der Waals surface area (Å²) in [7, 11) is 0. The van der Waals surface area contributed by atoms with Crippen molar-refractivity contribution in [2.45, 2.75) is 19.0 Å². The summed E-state index contributed by atoms with van der Waals surface area (Å²) in [6.07, 6.45) is 6.26. The monoisotopic (exact) mass is 306 g/mol. The molecule has 23 heavy (non-hydrogen) atoms. The predicted octanol–water partition coefficient (Wildman–Crippen LogP) is 1.93. The summed E-state index contributed by atoms with van der Waals surface area (Å²) in [5, 5.41) is 0. The number of nitrogens with two attached hydrogens (primary N) is 1. The summed E-state index contributed by atoms with van der Waals surface area (Å²) >= 11 is 0. The largest absolute Gasteiger partial charge is 0.383 e. The molecular formula is C17H18N6. The maximum atomic E-state index is 6.02. The Kier molecular flexibility index (Phi) is 3.51. The molecule has 0 aliphatic carbocycles. The van der Waals surface area contributed by atoms with E-state index in [0.717, 1.165) is 36.5 Å². The highest BCUT2D eigenvalue weighted by atomic mass is 15.2. The van der Waals surface area contributed by atoms with Gasteiger partial charge in [-0.1, -0.05) is 12.1 Å². The lowest BCUT2D eigenvalue weighted by Gasteiger charge is -2.34. The van der Waals surface area contributed by atoms with Gasteiger partial charge in [0.15, 0.2) is 0 Å². The molecule has 0 radical (unpaired) electrons. The smallest absolute Gasteiger partial charge is 0.127 e. The lowest BCUT2D eigenvalue weighted by molar-refractivity contribution is 0.197. The number of nitrogens with one attached hydrogen (secondary N) is 1. The third-order valence-corrected chi connectivity index (χ3v) is 4.29. The van der Waals surface area contributed by atoms with Gasteiger partial charge in [-0.05, 0) is 18.2 Å². The fourth-order valence-electron chi connectivity index (χ4n) is 3.16. The van der Waals surface area contributed by atoms with Crippen molar-refractivity contribution in [3.8, 4) is 0 Å². The van der Waals surface area contributed by atoms with Gasteiger partial charge in [-0.15, -0.1) is 0 Å². The van der Waals surface area contributed by atoms with Crippen LogP contribution in [0.3, 0.4) is 0 Å². The number of hydrogen-bond donors (Lipinski definition) is 2. The van der Waals surface area contributed by atoms with Gasteiger partial charge < -0.3 is 10.7 Å². The molecule has 3 aromatic heterocycles. The second-order valence-corrected chi connectivity index (χ2v) is 5.69. The highest BCUT2D eigenvalue weighted by Crippen LogP contribution is 2.33. The van der Waals surface area contributed by atoms with Gasteiger partial charge in [-0.3, -0.25) is 9.88 Å². The van der Waals surface area contributed by atoms with Crippen LogP contribution in [0.1, 0.15) is 28.7 Å². The number of pyridine rings is 2. The zero-order valence-corrected chi connectivity index (χ0v) is 12.7. The van der Waals surface area contributed by atoms with E-state index in [-0.39, 0.29) is 6.04 Å². The average Bonchev–Trinajstić information content (AvgIpc) is 3.06. The molecule has 4 rings (SSSR count). The first-order valence-corrected chi connectivity index (χ1v) is 7.69. The zero-order valence-electron chi connectivity index (χ0n) is 12.7. The minimum absolute atomic E-state index is 0.0332. The molecule has 6 nitrogen and oxygen atoms in total. The predicted molar refractivity (Wildman–Crippen MR) is 87.4 cm³/mol. The van der Waals surface area contributed by atoms with Crippen molar-refractivity contribution in [3.63, 3.8) is 0 Å². The fraction of sp³-hybridized carbons (Fsp3) is 0.235. The lowest BCUT2D eigenvalue weighted by Crippen LogP contribution is -2.36. The molecule has 0 saturated heterocycles. The summed E-state index contributed by atoms with van der Waals surface area (Å²) in [4.78, 5) is 18.9. The standard InChI is InChI=1S/C17H18N6/c18-17-12(4-3-8-20-17)10-23-9-6-13-15(22-11-21-13)16(23)14-5-1-2-7-19-14/h1-5,7-8,11,16H,6,9-10H2,(H2,18,20)(H,21,22)/t16-/m1/s1. The number of H-pyrrole nitrogens is 1. The first-order chi connectivity index (χ1) is 11.3. The first-order valence-electron chi connectivity index (χ1n) is 7.69. The Morgan fingerprint density at radius 2 is 2.04 bits per heavy atom. The van der Waals surface area contributed by atoms with Crippen molar-refractivity contribution >= 4 is 5.82 Å². The van der Waals surface area contributed by atoms with E-state index >= 15 is 0 Å². The molecule has 3 N–H and O–H groups in total. The van der Waals surface area contributed by atoms with E-state index in [1.54, 1.807) is 12.5 Å². The molecule has 0 amide bonds. The van der Waals surface area contributed by atoms with Crippen LogP contribution in [0.25, 0.3) is 0 Å². The van der Waals surface area contributed by atoms with Crippen LogP contribution in [-0.2, 0) is 13.0 Å². The van der Waals surface area contributed by atoms with Gasteiger partial charge in [0.25, 0.3) is 0 Å². The molecule has 3 aromatic rings. The van der Waals surface area contributed by atoms with Crippen molar-refractivity contribution < 1.29 is 0 Å². The van der Waals surface area contributed by atoms with Gasteiger partial charge in [-0.2, -0.15) is 0 Å². The Bertz CT molecular complexity index is 798. The molecule has 0 saturated carbocycles. The fourth-order valence-corrected chi connectivity index (χ4v) is 3.16. The Hall–Kier alpha value is -2.73. The molecule has 0 aromatic carbocycles. The molecule has 116 valence electrons. The number of nitrogens with zero attached hydrogens (tertiary/aromatic N) is 4. The third kappa shape index (κ3) is 2.57. The van der Waals surface area contributed by atoms with Gasteiger partial charge in [0.2, 0.25) is 0 Å². The molecule has 1 atom stereocenters. The van der Waals surface area contributed by atoms with Crippen molar-refractivity contribution in [1.82, 2.24) is 24.8 Å². The maximum Gasteiger partial charge on any atom is 0.127 e. The number of anilines is 1. The van der Waals surface area contributed by atoms with E-state index in [1.165, 1.54) is 5.69 Å². The normalized spacial score (nSPS) is 17.8. The van der Waals surface area contributed by atoms with Crippen molar-refractivity contribution in [1.29, 1.82) is 0 Å². The van der Waals surface area contributed by atoms with E-state index in [2.05, 4.69) is 24.8 Å². The zero-order chi connectivity index (χ0) is 15.6. The number of nitrogen functional groups attached to an aromatic ring is 1. The van der Waals surface area contributed by atoms with Crippen LogP contribution in [0.4, 0.5) is 5.82 Å². The first kappa shape index (κ1) is 13.9. The number of aromatic amines is 1. The molecule has 1 aliphatic rings. The van der Waals surface area contributed by atoms with E-state index in [0.29, 0.717) is 5.82 Å². The summed E-state index contributed by atoms with van der Waals surface area (Å²) in [5.74, 6) is 0.583. The summed E-state index contributed by atoms with van der Waals surface area (Å²) in [6.45, 7) is 1.65. The number of fused-ring (bicyclic) bond motifs is 1. The summed E-state index contributed by atoms with van der Waals surface area (Å²) in [6, 6.07) is 9.98. The summed E-state index contributed by atoms with van der Waals surface area (Å²) < 4.78 is 0. The van der Waals surface area contributed by atoms with Gasteiger partial charge in [0, 0.05) is 43.2 Å². The minimum Gasteiger partial charge on any atom is -0.383 e. The number of rotatable bonds is 3. The molecule has 0 fully saturated rings. The average molecular weight is 306 g/mol. The summed E-state index contributed by atoms with van der Waals surface area (Å²) in [5.41, 5.74) is 10.3. The lowest BCUT2D eigenvalue weighted by atomic mass is 9.98. The topological polar surface area (TPSA) is 83.7 Å². The highest BCUT2D eigenvalue weighted by molar-refractivity contribution is 5.39. The van der Waals surface area contributed by atoms with Gasteiger partial charge in [0.05, 0.1) is 23.8 Å². The Morgan fingerprint density at radius 1 is 1.13 bits per heavy atom. The van der Waals surface area contributed by atoms with Crippen LogP contribution in [-0.4, -0.2) is 31.4 Å². The second-order valence-electron chi connectivity index (χ2n) is 5.69. The quantitative estimate of drug-likeness (QED) is 0.772. The van der Waals surface area contributed by atoms with Crippen molar-refractivity contribution in [2.24, 2.45) is 0 Å². The van der Waals surface area contributed by atoms with Crippen LogP contribution in [0.15, 0.2) is 49.1 Å². The number of hydrogen-bond acceptors (Lipinski definition) is 5. The molecule has 0 spiro atoms. The van der Waals surface area contributed by atoms with Crippen LogP contribution in [0.5, 0.6) is 0 Å². The highest BCUT2D eigenvalue weighted by Gasteiger charge is 2.32. The molecular weight excluding hydrogens is 288 g/mol. The molecule has 1 aliphatic heterocycles. The van der Waals surface area contributed by atoms with Crippen molar-refractivity contribution in [2.75, 3.05) is 12.3 Å². The minimum atomic E-state index is 0.0332. The Balaban J connectivity index is 1.72. The van der Waals surface area contributed by atoms with Gasteiger partial charge >= 0.3 is 0 Å². The maximum absolute atomic E-state index is 6.02. The second kappa shape index (κ2) is 5.81. The van der Waals surface area contributed by atoms with E-state index < -0.39 is 0 Å². The molecule has 6 heteroatoms.